The number of amides is 1. The van der Waals surface area contributed by atoms with Crippen molar-refractivity contribution in [3.63, 3.8) is 0 Å². The first-order valence-electron chi connectivity index (χ1n) is 6.62. The van der Waals surface area contributed by atoms with E-state index in [1.165, 1.54) is 23.2 Å². The molecule has 0 saturated carbocycles. The summed E-state index contributed by atoms with van der Waals surface area (Å²) in [5, 5.41) is 8.23. The summed E-state index contributed by atoms with van der Waals surface area (Å²) in [6, 6.07) is 4.66. The van der Waals surface area contributed by atoms with Gasteiger partial charge in [-0.05, 0) is 19.1 Å². The molecule has 1 aromatic carbocycles. The Balaban J connectivity index is 1.86. The summed E-state index contributed by atoms with van der Waals surface area (Å²) in [5.74, 6) is -0.762. The lowest BCUT2D eigenvalue weighted by atomic mass is 10.3. The molecule has 0 fully saturated rings. The summed E-state index contributed by atoms with van der Waals surface area (Å²) in [6.07, 6.45) is 2.48. The molecule has 0 bridgehead atoms. The molecule has 1 N–H and O–H groups in total. The molecule has 1 amide bonds. The van der Waals surface area contributed by atoms with Crippen LogP contribution >= 0.6 is 23.2 Å². The fourth-order valence-corrected chi connectivity index (χ4v) is 1.96. The van der Waals surface area contributed by atoms with Crippen molar-refractivity contribution in [1.82, 2.24) is 15.2 Å². The Bertz CT molecular complexity index is 734. The Morgan fingerprint density at radius 3 is 3.00 bits per heavy atom. The van der Waals surface area contributed by atoms with Gasteiger partial charge in [0, 0.05) is 17.6 Å². The lowest BCUT2D eigenvalue weighted by Gasteiger charge is -2.07. The van der Waals surface area contributed by atoms with Crippen LogP contribution in [0, 0.1) is 5.95 Å². The van der Waals surface area contributed by atoms with Gasteiger partial charge in [-0.2, -0.15) is 14.6 Å². The van der Waals surface area contributed by atoms with E-state index in [1.54, 1.807) is 19.1 Å². The predicted octanol–water partition coefficient (Wildman–Crippen LogP) is 2.88. The van der Waals surface area contributed by atoms with Crippen LogP contribution in [0.1, 0.15) is 12.5 Å². The number of aryl methyl sites for hydroxylation is 1. The molecular formula is C14H13Cl2FN4O2. The third-order valence-corrected chi connectivity index (χ3v) is 3.29. The highest BCUT2D eigenvalue weighted by Gasteiger charge is 2.08. The highest BCUT2D eigenvalue weighted by Crippen LogP contribution is 2.27. The first-order valence-corrected chi connectivity index (χ1v) is 7.38. The Kier molecular flexibility index (Phi) is 5.95. The van der Waals surface area contributed by atoms with E-state index < -0.39 is 11.9 Å². The van der Waals surface area contributed by atoms with Gasteiger partial charge in [-0.1, -0.05) is 23.2 Å². The molecule has 0 aliphatic rings. The molecule has 0 aliphatic heterocycles. The van der Waals surface area contributed by atoms with Gasteiger partial charge in [0.2, 0.25) is 5.95 Å². The highest BCUT2D eigenvalue weighted by atomic mass is 35.5. The van der Waals surface area contributed by atoms with Crippen LogP contribution in [0.5, 0.6) is 5.75 Å². The second-order valence-corrected chi connectivity index (χ2v) is 5.21. The van der Waals surface area contributed by atoms with Crippen LogP contribution in [0.4, 0.5) is 4.39 Å². The third kappa shape index (κ3) is 4.67. The highest BCUT2D eigenvalue weighted by molar-refractivity contribution is 6.34. The summed E-state index contributed by atoms with van der Waals surface area (Å²) >= 11 is 11.7. The van der Waals surface area contributed by atoms with Crippen molar-refractivity contribution in [3.05, 3.63) is 46.0 Å². The average molecular weight is 359 g/mol. The maximum atomic E-state index is 13.7. The predicted molar refractivity (Wildman–Crippen MR) is 85.6 cm³/mol. The standard InChI is InChI=1S/C14H13Cl2FN4O2/c1-2-21-14(17)9(7-19-21)6-18-20-13(22)8-23-12-5-10(15)3-4-11(12)16/h3-7H,2,8H2,1H3,(H,20,22)/b18-6+. The van der Waals surface area contributed by atoms with Crippen molar-refractivity contribution < 1.29 is 13.9 Å². The van der Waals surface area contributed by atoms with Crippen LogP contribution < -0.4 is 10.2 Å². The number of halogens is 3. The summed E-state index contributed by atoms with van der Waals surface area (Å²) in [7, 11) is 0. The second-order valence-electron chi connectivity index (χ2n) is 4.36. The molecule has 2 aromatic rings. The number of carbonyl (C=O) groups is 1. The Morgan fingerprint density at radius 2 is 2.30 bits per heavy atom. The molecule has 1 heterocycles. The topological polar surface area (TPSA) is 68.5 Å². The van der Waals surface area contributed by atoms with E-state index in [0.29, 0.717) is 16.6 Å². The summed E-state index contributed by atoms with van der Waals surface area (Å²) in [4.78, 5) is 11.6. The van der Waals surface area contributed by atoms with Crippen molar-refractivity contribution in [2.24, 2.45) is 5.10 Å². The Morgan fingerprint density at radius 1 is 1.52 bits per heavy atom. The molecule has 0 radical (unpaired) electrons. The molecule has 122 valence electrons. The maximum Gasteiger partial charge on any atom is 0.277 e. The first-order chi connectivity index (χ1) is 11.0. The number of ether oxygens (including phenoxy) is 1. The minimum atomic E-state index is -0.527. The second kappa shape index (κ2) is 7.94. The van der Waals surface area contributed by atoms with E-state index in [1.807, 2.05) is 0 Å². The minimum absolute atomic E-state index is 0.172. The van der Waals surface area contributed by atoms with Gasteiger partial charge in [-0.3, -0.25) is 4.79 Å². The molecule has 9 heteroatoms. The van der Waals surface area contributed by atoms with Crippen LogP contribution in [0.2, 0.25) is 10.0 Å². The van der Waals surface area contributed by atoms with Crippen LogP contribution in [0.3, 0.4) is 0 Å². The smallest absolute Gasteiger partial charge is 0.277 e. The van der Waals surface area contributed by atoms with E-state index in [2.05, 4.69) is 15.6 Å². The molecule has 0 atom stereocenters. The zero-order valence-electron chi connectivity index (χ0n) is 12.1. The molecule has 1 aromatic heterocycles. The number of rotatable bonds is 6. The summed E-state index contributed by atoms with van der Waals surface area (Å²) in [5.41, 5.74) is 2.39. The van der Waals surface area contributed by atoms with Crippen molar-refractivity contribution in [2.75, 3.05) is 6.61 Å². The number of hydrazone groups is 1. The van der Waals surface area contributed by atoms with Gasteiger partial charge in [0.1, 0.15) is 5.75 Å². The maximum absolute atomic E-state index is 13.7. The Labute approximate surface area is 141 Å². The van der Waals surface area contributed by atoms with Crippen LogP contribution in [0.15, 0.2) is 29.5 Å². The van der Waals surface area contributed by atoms with E-state index >= 15 is 0 Å². The van der Waals surface area contributed by atoms with Gasteiger partial charge in [0.25, 0.3) is 5.91 Å². The lowest BCUT2D eigenvalue weighted by molar-refractivity contribution is -0.123. The number of hydrogen-bond donors (Lipinski definition) is 1. The normalized spacial score (nSPS) is 11.0. The van der Waals surface area contributed by atoms with Gasteiger partial charge in [-0.15, -0.1) is 0 Å². The van der Waals surface area contributed by atoms with Crippen LogP contribution in [-0.4, -0.2) is 28.5 Å². The summed E-state index contributed by atoms with van der Waals surface area (Å²) < 4.78 is 20.1. The van der Waals surface area contributed by atoms with Crippen molar-refractivity contribution in [1.29, 1.82) is 0 Å². The number of nitrogens with zero attached hydrogens (tertiary/aromatic N) is 3. The molecule has 0 unspecified atom stereocenters. The number of aromatic nitrogens is 2. The van der Waals surface area contributed by atoms with E-state index in [4.69, 9.17) is 27.9 Å². The number of carbonyl (C=O) groups excluding carboxylic acids is 1. The average Bonchev–Trinajstić information content (AvgIpc) is 2.88. The van der Waals surface area contributed by atoms with E-state index in [0.717, 1.165) is 0 Å². The quantitative estimate of drug-likeness (QED) is 0.637. The molecule has 0 aliphatic carbocycles. The van der Waals surface area contributed by atoms with Gasteiger partial charge in [0.15, 0.2) is 6.61 Å². The van der Waals surface area contributed by atoms with Gasteiger partial charge in [-0.25, -0.2) is 10.1 Å². The molecule has 0 saturated heterocycles. The fourth-order valence-electron chi connectivity index (χ4n) is 1.63. The van der Waals surface area contributed by atoms with Gasteiger partial charge in [0.05, 0.1) is 23.0 Å². The van der Waals surface area contributed by atoms with Crippen molar-refractivity contribution in [3.8, 4) is 5.75 Å². The first kappa shape index (κ1) is 17.2. The molecular weight excluding hydrogens is 346 g/mol. The lowest BCUT2D eigenvalue weighted by Crippen LogP contribution is -2.24. The van der Waals surface area contributed by atoms with Gasteiger partial charge >= 0.3 is 0 Å². The minimum Gasteiger partial charge on any atom is -0.482 e. The van der Waals surface area contributed by atoms with Crippen molar-refractivity contribution >= 4 is 35.3 Å². The molecule has 2 rings (SSSR count). The number of hydrogen-bond acceptors (Lipinski definition) is 4. The molecule has 0 spiro atoms. The number of benzene rings is 1. The fraction of sp³-hybridized carbons (Fsp3) is 0.214. The van der Waals surface area contributed by atoms with Crippen LogP contribution in [-0.2, 0) is 11.3 Å². The van der Waals surface area contributed by atoms with Crippen LogP contribution in [0.25, 0.3) is 0 Å². The zero-order chi connectivity index (χ0) is 16.8. The monoisotopic (exact) mass is 358 g/mol. The van der Waals surface area contributed by atoms with E-state index in [9.17, 15) is 9.18 Å². The molecule has 6 nitrogen and oxygen atoms in total. The third-order valence-electron chi connectivity index (χ3n) is 2.75. The Hall–Kier alpha value is -2.12. The van der Waals surface area contributed by atoms with E-state index in [-0.39, 0.29) is 17.9 Å². The number of nitrogens with one attached hydrogen (secondary N) is 1. The largest absolute Gasteiger partial charge is 0.482 e. The zero-order valence-corrected chi connectivity index (χ0v) is 13.6. The van der Waals surface area contributed by atoms with Gasteiger partial charge < -0.3 is 4.74 Å². The molecule has 23 heavy (non-hydrogen) atoms. The SMILES string of the molecule is CCn1ncc(/C=N/NC(=O)COc2cc(Cl)ccc2Cl)c1F. The summed E-state index contributed by atoms with van der Waals surface area (Å²) in [6.45, 7) is 1.85. The van der Waals surface area contributed by atoms with Crippen molar-refractivity contribution in [2.45, 2.75) is 13.5 Å².